The van der Waals surface area contributed by atoms with E-state index in [-0.39, 0.29) is 0 Å². The Morgan fingerprint density at radius 3 is 2.40 bits per heavy atom. The fraction of sp³-hybridized carbons (Fsp3) is 0.211. The highest BCUT2D eigenvalue weighted by Gasteiger charge is 2.30. The molecule has 0 aliphatic rings. The summed E-state index contributed by atoms with van der Waals surface area (Å²) in [6.45, 7) is 2.01. The lowest BCUT2D eigenvalue weighted by molar-refractivity contribution is -0.137. The van der Waals surface area contributed by atoms with Crippen molar-refractivity contribution in [3.8, 4) is 17.1 Å². The minimum atomic E-state index is -4.39. The number of nitrogens with zero attached hydrogens (tertiary/aromatic N) is 7. The van der Waals surface area contributed by atoms with Gasteiger partial charge >= 0.3 is 6.18 Å². The molecule has 0 atom stereocenters. The molecule has 4 aromatic rings. The van der Waals surface area contributed by atoms with Gasteiger partial charge < -0.3 is 4.57 Å². The number of rotatable bonds is 5. The van der Waals surface area contributed by atoms with Crippen LogP contribution in [0.4, 0.5) is 13.2 Å². The van der Waals surface area contributed by atoms with E-state index in [0.29, 0.717) is 22.4 Å². The fourth-order valence-corrected chi connectivity index (χ4v) is 3.73. The van der Waals surface area contributed by atoms with Crippen molar-refractivity contribution in [2.75, 3.05) is 0 Å². The van der Waals surface area contributed by atoms with Gasteiger partial charge in [0.05, 0.1) is 17.0 Å². The first kappa shape index (κ1) is 20.1. The van der Waals surface area contributed by atoms with Crippen molar-refractivity contribution in [2.45, 2.75) is 24.0 Å². The molecular weight excluding hydrogens is 415 g/mol. The largest absolute Gasteiger partial charge is 0.416 e. The van der Waals surface area contributed by atoms with Crippen molar-refractivity contribution < 1.29 is 13.2 Å². The number of hydrogen-bond acceptors (Lipinski definition) is 6. The number of aromatic nitrogens is 7. The van der Waals surface area contributed by atoms with Crippen LogP contribution < -0.4 is 0 Å². The lowest BCUT2D eigenvalue weighted by atomic mass is 10.1. The summed E-state index contributed by atoms with van der Waals surface area (Å²) in [5.41, 5.74) is 1.81. The monoisotopic (exact) mass is 431 g/mol. The van der Waals surface area contributed by atoms with E-state index >= 15 is 0 Å². The number of alkyl halides is 3. The quantitative estimate of drug-likeness (QED) is 0.444. The SMILES string of the molecule is Cc1ccccc1-c1nnc(SCc2nnnn2-c2ccc(C(F)(F)F)cc2)n1C. The van der Waals surface area contributed by atoms with Gasteiger partial charge in [-0.15, -0.1) is 15.3 Å². The number of hydrogen-bond donors (Lipinski definition) is 0. The van der Waals surface area contributed by atoms with Crippen LogP contribution in [0.25, 0.3) is 17.1 Å². The Labute approximate surface area is 173 Å². The minimum Gasteiger partial charge on any atom is -0.305 e. The van der Waals surface area contributed by atoms with E-state index in [4.69, 9.17) is 0 Å². The molecule has 0 N–H and O–H groups in total. The maximum Gasteiger partial charge on any atom is 0.416 e. The standard InChI is InChI=1S/C19H16F3N7S/c1-12-5-3-4-6-15(12)17-24-25-18(28(17)2)30-11-16-23-26-27-29(16)14-9-7-13(8-10-14)19(20,21)22/h3-10H,11H2,1-2H3. The first-order valence-corrected chi connectivity index (χ1v) is 9.86. The van der Waals surface area contributed by atoms with E-state index in [1.807, 2.05) is 42.8 Å². The molecule has 154 valence electrons. The highest BCUT2D eigenvalue weighted by molar-refractivity contribution is 7.98. The Balaban J connectivity index is 1.53. The first-order valence-electron chi connectivity index (χ1n) is 8.87. The molecule has 7 nitrogen and oxygen atoms in total. The van der Waals surface area contributed by atoms with Gasteiger partial charge in [-0.1, -0.05) is 36.0 Å². The Kier molecular flexibility index (Phi) is 5.29. The topological polar surface area (TPSA) is 74.3 Å². The molecule has 0 saturated carbocycles. The summed E-state index contributed by atoms with van der Waals surface area (Å²) in [6, 6.07) is 12.6. The van der Waals surface area contributed by atoms with Crippen molar-refractivity contribution >= 4 is 11.8 Å². The predicted octanol–water partition coefficient (Wildman–Crippen LogP) is 4.08. The summed E-state index contributed by atoms with van der Waals surface area (Å²) in [6.07, 6.45) is -4.39. The van der Waals surface area contributed by atoms with Crippen LogP contribution in [0, 0.1) is 6.92 Å². The van der Waals surface area contributed by atoms with Gasteiger partial charge in [-0.2, -0.15) is 17.9 Å². The van der Waals surface area contributed by atoms with Gasteiger partial charge in [0, 0.05) is 12.6 Å². The van der Waals surface area contributed by atoms with Crippen molar-refractivity contribution in [2.24, 2.45) is 7.05 Å². The number of tetrazole rings is 1. The normalized spacial score (nSPS) is 11.8. The third-order valence-electron chi connectivity index (χ3n) is 4.52. The van der Waals surface area contributed by atoms with Gasteiger partial charge in [0.25, 0.3) is 0 Å². The zero-order valence-electron chi connectivity index (χ0n) is 16.0. The molecule has 0 fully saturated rings. The summed E-state index contributed by atoms with van der Waals surface area (Å²) in [5.74, 6) is 1.60. The molecule has 0 aliphatic heterocycles. The van der Waals surface area contributed by atoms with Gasteiger partial charge in [0.1, 0.15) is 0 Å². The van der Waals surface area contributed by atoms with E-state index in [0.717, 1.165) is 29.1 Å². The third kappa shape index (κ3) is 3.92. The molecule has 0 amide bonds. The average Bonchev–Trinajstić information content (AvgIpc) is 3.33. The van der Waals surface area contributed by atoms with Gasteiger partial charge in [-0.3, -0.25) is 0 Å². The molecule has 0 radical (unpaired) electrons. The van der Waals surface area contributed by atoms with Gasteiger partial charge in [0.2, 0.25) is 0 Å². The average molecular weight is 431 g/mol. The lowest BCUT2D eigenvalue weighted by Gasteiger charge is -2.08. The number of benzene rings is 2. The molecule has 2 heterocycles. The lowest BCUT2D eigenvalue weighted by Crippen LogP contribution is -2.07. The van der Waals surface area contributed by atoms with E-state index in [9.17, 15) is 13.2 Å². The van der Waals surface area contributed by atoms with Crippen molar-refractivity contribution in [3.05, 3.63) is 65.5 Å². The zero-order valence-corrected chi connectivity index (χ0v) is 16.8. The summed E-state index contributed by atoms with van der Waals surface area (Å²) >= 11 is 1.39. The van der Waals surface area contributed by atoms with Crippen LogP contribution in [0.1, 0.15) is 17.0 Å². The number of halogens is 3. The molecule has 11 heteroatoms. The molecule has 0 aliphatic carbocycles. The minimum absolute atomic E-state index is 0.369. The van der Waals surface area contributed by atoms with E-state index in [1.54, 1.807) is 0 Å². The highest BCUT2D eigenvalue weighted by Crippen LogP contribution is 2.30. The Morgan fingerprint density at radius 1 is 0.967 bits per heavy atom. The van der Waals surface area contributed by atoms with Crippen LogP contribution in [-0.4, -0.2) is 35.0 Å². The van der Waals surface area contributed by atoms with Crippen LogP contribution >= 0.6 is 11.8 Å². The maximum absolute atomic E-state index is 12.8. The summed E-state index contributed by atoms with van der Waals surface area (Å²) in [5, 5.41) is 20.7. The Hall–Kier alpha value is -3.21. The molecule has 0 saturated heterocycles. The van der Waals surface area contributed by atoms with E-state index in [2.05, 4.69) is 25.7 Å². The summed E-state index contributed by atoms with van der Waals surface area (Å²) < 4.78 is 41.6. The molecule has 2 aromatic heterocycles. The Bertz CT molecular complexity index is 1170. The van der Waals surface area contributed by atoms with Crippen LogP contribution in [0.5, 0.6) is 0 Å². The summed E-state index contributed by atoms with van der Waals surface area (Å²) in [7, 11) is 1.88. The number of thioether (sulfide) groups is 1. The van der Waals surface area contributed by atoms with Gasteiger partial charge in [-0.25, -0.2) is 0 Å². The van der Waals surface area contributed by atoms with Crippen LogP contribution in [0.3, 0.4) is 0 Å². The Morgan fingerprint density at radius 2 is 1.70 bits per heavy atom. The summed E-state index contributed by atoms with van der Waals surface area (Å²) in [4.78, 5) is 0. The first-order chi connectivity index (χ1) is 14.3. The second-order valence-electron chi connectivity index (χ2n) is 6.52. The molecular formula is C19H16F3N7S. The molecule has 30 heavy (non-hydrogen) atoms. The fourth-order valence-electron chi connectivity index (χ4n) is 2.92. The molecule has 0 unspecified atom stereocenters. The molecule has 0 bridgehead atoms. The van der Waals surface area contributed by atoms with E-state index in [1.165, 1.54) is 28.6 Å². The highest BCUT2D eigenvalue weighted by atomic mass is 32.2. The smallest absolute Gasteiger partial charge is 0.305 e. The van der Waals surface area contributed by atoms with Crippen LogP contribution in [0.15, 0.2) is 53.7 Å². The van der Waals surface area contributed by atoms with E-state index < -0.39 is 11.7 Å². The van der Waals surface area contributed by atoms with Crippen molar-refractivity contribution in [3.63, 3.8) is 0 Å². The van der Waals surface area contributed by atoms with Crippen molar-refractivity contribution in [1.29, 1.82) is 0 Å². The van der Waals surface area contributed by atoms with Crippen LogP contribution in [-0.2, 0) is 19.0 Å². The second kappa shape index (κ2) is 7.90. The van der Waals surface area contributed by atoms with Gasteiger partial charge in [-0.05, 0) is 47.2 Å². The predicted molar refractivity (Wildman–Crippen MR) is 105 cm³/mol. The molecule has 4 rings (SSSR count). The number of aryl methyl sites for hydroxylation is 1. The maximum atomic E-state index is 12.8. The molecule has 0 spiro atoms. The second-order valence-corrected chi connectivity index (χ2v) is 7.46. The van der Waals surface area contributed by atoms with Gasteiger partial charge in [0.15, 0.2) is 16.8 Å². The van der Waals surface area contributed by atoms with Crippen LogP contribution in [0.2, 0.25) is 0 Å². The van der Waals surface area contributed by atoms with Crippen molar-refractivity contribution in [1.82, 2.24) is 35.0 Å². The third-order valence-corrected chi connectivity index (χ3v) is 5.54. The molecule has 2 aromatic carbocycles. The zero-order chi connectivity index (χ0) is 21.3.